The van der Waals surface area contributed by atoms with Gasteiger partial charge in [0.2, 0.25) is 0 Å². The van der Waals surface area contributed by atoms with E-state index in [4.69, 9.17) is 9.90 Å². The van der Waals surface area contributed by atoms with Crippen LogP contribution in [0.25, 0.3) is 0 Å². The van der Waals surface area contributed by atoms with Crippen LogP contribution in [0.15, 0.2) is 54.6 Å². The van der Waals surface area contributed by atoms with E-state index >= 15 is 0 Å². The molecule has 2 heterocycles. The standard InChI is InChI=1S/C22H24F3N3O.C2HF3O2/c23-22(24,25)18-8-6-17(7-9-18)14-27-12-10-21(11-13-27)15-28(16-21)20(29)26-19-4-2-1-3-5-19;3-2(4,5)1(6)7/h1-9H,10-16H2,(H,26,29);(H,6,7). The monoisotopic (exact) mass is 517 g/mol. The predicted octanol–water partition coefficient (Wildman–Crippen LogP) is 5.47. The molecule has 2 aromatic carbocycles. The SMILES string of the molecule is O=C(Nc1ccccc1)N1CC2(CCN(Cc3ccc(C(F)(F)F)cc3)CC2)C1.O=C(O)C(F)(F)F. The number of para-hydroxylation sites is 1. The van der Waals surface area contributed by atoms with Crippen molar-refractivity contribution in [3.63, 3.8) is 0 Å². The van der Waals surface area contributed by atoms with Gasteiger partial charge >= 0.3 is 24.4 Å². The van der Waals surface area contributed by atoms with Crippen LogP contribution in [0.4, 0.5) is 36.8 Å². The molecule has 2 amide bonds. The minimum absolute atomic E-state index is 0.0611. The van der Waals surface area contributed by atoms with Gasteiger partial charge < -0.3 is 15.3 Å². The molecule has 0 aromatic heterocycles. The Balaban J connectivity index is 0.000000454. The number of benzene rings is 2. The van der Waals surface area contributed by atoms with Crippen molar-refractivity contribution in [2.45, 2.75) is 31.7 Å². The van der Waals surface area contributed by atoms with Crippen molar-refractivity contribution in [1.29, 1.82) is 0 Å². The molecule has 1 spiro atoms. The van der Waals surface area contributed by atoms with Crippen LogP contribution in [-0.2, 0) is 17.5 Å². The normalized spacial score (nSPS) is 17.6. The number of rotatable bonds is 3. The predicted molar refractivity (Wildman–Crippen MR) is 119 cm³/mol. The van der Waals surface area contributed by atoms with Crippen LogP contribution in [-0.4, -0.2) is 59.3 Å². The molecule has 36 heavy (non-hydrogen) atoms. The maximum Gasteiger partial charge on any atom is 0.490 e. The van der Waals surface area contributed by atoms with Gasteiger partial charge in [-0.25, -0.2) is 9.59 Å². The number of hydrogen-bond acceptors (Lipinski definition) is 3. The van der Waals surface area contributed by atoms with Gasteiger partial charge in [0.05, 0.1) is 5.56 Å². The zero-order valence-corrected chi connectivity index (χ0v) is 19.1. The molecule has 12 heteroatoms. The van der Waals surface area contributed by atoms with Crippen LogP contribution in [0.3, 0.4) is 0 Å². The second-order valence-electron chi connectivity index (χ2n) is 8.93. The first-order valence-corrected chi connectivity index (χ1v) is 11.1. The number of carbonyl (C=O) groups is 2. The highest BCUT2D eigenvalue weighted by Gasteiger charge is 2.46. The van der Waals surface area contributed by atoms with Crippen LogP contribution >= 0.6 is 0 Å². The topological polar surface area (TPSA) is 72.9 Å². The van der Waals surface area contributed by atoms with Gasteiger partial charge in [-0.1, -0.05) is 30.3 Å². The van der Waals surface area contributed by atoms with Crippen LogP contribution < -0.4 is 5.32 Å². The average Bonchev–Trinajstić information content (AvgIpc) is 2.78. The molecule has 2 saturated heterocycles. The minimum Gasteiger partial charge on any atom is -0.475 e. The number of aliphatic carboxylic acids is 1. The van der Waals surface area contributed by atoms with Gasteiger partial charge in [0.15, 0.2) is 0 Å². The number of hydrogen-bond donors (Lipinski definition) is 2. The van der Waals surface area contributed by atoms with Crippen molar-refractivity contribution in [2.75, 3.05) is 31.5 Å². The van der Waals surface area contributed by atoms with Gasteiger partial charge in [0, 0.05) is 30.7 Å². The first-order chi connectivity index (χ1) is 16.8. The van der Waals surface area contributed by atoms with Gasteiger partial charge in [-0.2, -0.15) is 26.3 Å². The first kappa shape index (κ1) is 27.3. The molecule has 2 N–H and O–H groups in total. The smallest absolute Gasteiger partial charge is 0.475 e. The summed E-state index contributed by atoms with van der Waals surface area (Å²) in [6.07, 6.45) is -7.37. The number of carboxylic acids is 1. The van der Waals surface area contributed by atoms with Crippen molar-refractivity contribution < 1.29 is 41.0 Å². The molecular formula is C24H25F6N3O3. The fourth-order valence-corrected chi connectivity index (χ4v) is 4.19. The second-order valence-corrected chi connectivity index (χ2v) is 8.93. The third kappa shape index (κ3) is 7.36. The Morgan fingerprint density at radius 2 is 1.42 bits per heavy atom. The summed E-state index contributed by atoms with van der Waals surface area (Å²) in [4.78, 5) is 25.4. The molecule has 4 rings (SSSR count). The number of halogens is 6. The third-order valence-corrected chi connectivity index (χ3v) is 6.21. The lowest BCUT2D eigenvalue weighted by molar-refractivity contribution is -0.192. The fraction of sp³-hybridized carbons (Fsp3) is 0.417. The van der Waals surface area contributed by atoms with Crippen LogP contribution in [0, 0.1) is 5.41 Å². The molecule has 6 nitrogen and oxygen atoms in total. The lowest BCUT2D eigenvalue weighted by atomic mass is 9.72. The minimum atomic E-state index is -5.08. The summed E-state index contributed by atoms with van der Waals surface area (Å²) in [6, 6.07) is 14.8. The van der Waals surface area contributed by atoms with Crippen molar-refractivity contribution in [2.24, 2.45) is 5.41 Å². The molecule has 196 valence electrons. The third-order valence-electron chi connectivity index (χ3n) is 6.21. The van der Waals surface area contributed by atoms with Crippen molar-refractivity contribution in [3.05, 3.63) is 65.7 Å². The summed E-state index contributed by atoms with van der Waals surface area (Å²) in [5.74, 6) is -2.76. The number of nitrogens with one attached hydrogen (secondary N) is 1. The summed E-state index contributed by atoms with van der Waals surface area (Å²) in [6.45, 7) is 3.98. The van der Waals surface area contributed by atoms with Crippen LogP contribution in [0.1, 0.15) is 24.0 Å². The summed E-state index contributed by atoms with van der Waals surface area (Å²) >= 11 is 0. The van der Waals surface area contributed by atoms with Crippen LogP contribution in [0.5, 0.6) is 0 Å². The zero-order valence-electron chi connectivity index (χ0n) is 19.1. The molecule has 2 fully saturated rings. The Morgan fingerprint density at radius 3 is 1.89 bits per heavy atom. The Labute approximate surface area is 203 Å². The number of carbonyl (C=O) groups excluding carboxylic acids is 1. The lowest BCUT2D eigenvalue weighted by Gasteiger charge is -2.53. The number of likely N-dealkylation sites (tertiary alicyclic amines) is 2. The Bertz CT molecular complexity index is 1030. The van der Waals surface area contributed by atoms with Gasteiger partial charge in [-0.15, -0.1) is 0 Å². The Morgan fingerprint density at radius 1 is 0.889 bits per heavy atom. The van der Waals surface area contributed by atoms with E-state index in [0.717, 1.165) is 62.4 Å². The number of anilines is 1. The highest BCUT2D eigenvalue weighted by Crippen LogP contribution is 2.41. The maximum atomic E-state index is 12.7. The second kappa shape index (κ2) is 10.8. The summed E-state index contributed by atoms with van der Waals surface area (Å²) < 4.78 is 69.8. The number of alkyl halides is 6. The molecule has 2 aromatic rings. The van der Waals surface area contributed by atoms with Crippen LogP contribution in [0.2, 0.25) is 0 Å². The van der Waals surface area contributed by atoms with E-state index in [0.29, 0.717) is 6.54 Å². The first-order valence-electron chi connectivity index (χ1n) is 11.1. The summed E-state index contributed by atoms with van der Waals surface area (Å²) in [5, 5.41) is 10.0. The fourth-order valence-electron chi connectivity index (χ4n) is 4.19. The van der Waals surface area contributed by atoms with Gasteiger partial charge in [-0.3, -0.25) is 4.90 Å². The molecular weight excluding hydrogens is 492 g/mol. The molecule has 0 aliphatic carbocycles. The van der Waals surface area contributed by atoms with E-state index in [-0.39, 0.29) is 11.4 Å². The van der Waals surface area contributed by atoms with Gasteiger partial charge in [0.25, 0.3) is 0 Å². The molecule has 0 radical (unpaired) electrons. The number of carboxylic acid groups (broad SMARTS) is 1. The van der Waals surface area contributed by atoms with E-state index in [2.05, 4.69) is 10.2 Å². The Hall–Kier alpha value is -3.28. The quantitative estimate of drug-likeness (QED) is 0.530. The summed E-state index contributed by atoms with van der Waals surface area (Å²) in [5.41, 5.74) is 1.27. The highest BCUT2D eigenvalue weighted by atomic mass is 19.4. The largest absolute Gasteiger partial charge is 0.490 e. The molecule has 2 aliphatic heterocycles. The molecule has 0 atom stereocenters. The zero-order chi connectivity index (χ0) is 26.6. The maximum absolute atomic E-state index is 12.7. The summed E-state index contributed by atoms with van der Waals surface area (Å²) in [7, 11) is 0. The lowest BCUT2D eigenvalue weighted by Crippen LogP contribution is -2.62. The molecule has 0 bridgehead atoms. The van der Waals surface area contributed by atoms with Gasteiger partial charge in [0.1, 0.15) is 0 Å². The van der Waals surface area contributed by atoms with Crippen molar-refractivity contribution >= 4 is 17.7 Å². The number of nitrogens with zero attached hydrogens (tertiary/aromatic N) is 2. The van der Waals surface area contributed by atoms with E-state index in [9.17, 15) is 31.1 Å². The molecule has 2 aliphatic rings. The van der Waals surface area contributed by atoms with Crippen molar-refractivity contribution in [1.82, 2.24) is 9.80 Å². The Kier molecular flexibility index (Phi) is 8.17. The van der Waals surface area contributed by atoms with Crippen molar-refractivity contribution in [3.8, 4) is 0 Å². The number of urea groups is 1. The van der Waals surface area contributed by atoms with E-state index in [1.165, 1.54) is 0 Å². The van der Waals surface area contributed by atoms with E-state index in [1.54, 1.807) is 12.1 Å². The molecule has 0 saturated carbocycles. The highest BCUT2D eigenvalue weighted by molar-refractivity contribution is 5.89. The van der Waals surface area contributed by atoms with E-state index < -0.39 is 23.9 Å². The number of amides is 2. The number of piperidine rings is 1. The van der Waals surface area contributed by atoms with Gasteiger partial charge in [-0.05, 0) is 55.8 Å². The van der Waals surface area contributed by atoms with E-state index in [1.807, 2.05) is 35.2 Å². The average molecular weight is 517 g/mol. The molecule has 0 unspecified atom stereocenters.